The van der Waals surface area contributed by atoms with E-state index in [2.05, 4.69) is 10.4 Å². The Morgan fingerprint density at radius 3 is 2.57 bits per heavy atom. The summed E-state index contributed by atoms with van der Waals surface area (Å²) in [6, 6.07) is 9.55. The molecule has 5 nitrogen and oxygen atoms in total. The number of carbonyl (C=O) groups is 1. The van der Waals surface area contributed by atoms with E-state index in [0.717, 1.165) is 23.5 Å². The van der Waals surface area contributed by atoms with Crippen LogP contribution in [0.5, 0.6) is 0 Å². The van der Waals surface area contributed by atoms with E-state index in [-0.39, 0.29) is 17.6 Å². The molecule has 1 aromatic carbocycles. The number of nitrogens with zero attached hydrogens (tertiary/aromatic N) is 2. The second-order valence-corrected chi connectivity index (χ2v) is 6.52. The van der Waals surface area contributed by atoms with Crippen molar-refractivity contribution in [2.45, 2.75) is 45.8 Å². The van der Waals surface area contributed by atoms with Crippen LogP contribution in [0.4, 0.5) is 0 Å². The summed E-state index contributed by atoms with van der Waals surface area (Å²) < 4.78 is 7.45. The molecule has 2 atom stereocenters. The summed E-state index contributed by atoms with van der Waals surface area (Å²) in [6.45, 7) is 8.71. The number of amides is 1. The first kappa shape index (κ1) is 15.7. The lowest BCUT2D eigenvalue weighted by atomic mass is 9.94. The molecule has 1 aliphatic rings. The number of benzene rings is 1. The molecule has 23 heavy (non-hydrogen) atoms. The van der Waals surface area contributed by atoms with Gasteiger partial charge in [0.25, 0.3) is 5.91 Å². The number of ether oxygens (including phenoxy) is 1. The standard InChI is InChI=1S/C18H23N3O2/c1-12-11-13(2)21(20-12)16-7-5-15(6-8-16)17(22)19-18(4)9-10-23-14(18)3/h5-8,11,14H,9-10H2,1-4H3,(H,19,22). The topological polar surface area (TPSA) is 56.2 Å². The molecule has 122 valence electrons. The summed E-state index contributed by atoms with van der Waals surface area (Å²) in [5, 5.41) is 7.57. The van der Waals surface area contributed by atoms with Crippen molar-refractivity contribution in [1.82, 2.24) is 15.1 Å². The van der Waals surface area contributed by atoms with Crippen LogP contribution >= 0.6 is 0 Å². The zero-order valence-corrected chi connectivity index (χ0v) is 14.1. The van der Waals surface area contributed by atoms with Gasteiger partial charge in [0.05, 0.1) is 23.0 Å². The first-order valence-electron chi connectivity index (χ1n) is 7.97. The first-order chi connectivity index (χ1) is 10.9. The van der Waals surface area contributed by atoms with Crippen LogP contribution in [0.2, 0.25) is 0 Å². The van der Waals surface area contributed by atoms with Crippen LogP contribution in [-0.2, 0) is 4.74 Å². The van der Waals surface area contributed by atoms with Gasteiger partial charge in [-0.1, -0.05) is 0 Å². The fourth-order valence-corrected chi connectivity index (χ4v) is 2.97. The number of rotatable bonds is 3. The van der Waals surface area contributed by atoms with Gasteiger partial charge in [0.1, 0.15) is 0 Å². The Balaban J connectivity index is 1.77. The van der Waals surface area contributed by atoms with Gasteiger partial charge < -0.3 is 10.1 Å². The highest BCUT2D eigenvalue weighted by Gasteiger charge is 2.38. The van der Waals surface area contributed by atoms with Crippen LogP contribution in [-0.4, -0.2) is 33.9 Å². The molecule has 0 spiro atoms. The van der Waals surface area contributed by atoms with Crippen LogP contribution in [0.1, 0.15) is 42.0 Å². The second-order valence-electron chi connectivity index (χ2n) is 6.52. The van der Waals surface area contributed by atoms with Gasteiger partial charge in [-0.25, -0.2) is 4.68 Å². The molecule has 1 saturated heterocycles. The van der Waals surface area contributed by atoms with E-state index in [1.54, 1.807) is 0 Å². The van der Waals surface area contributed by atoms with Crippen molar-refractivity contribution in [3.63, 3.8) is 0 Å². The highest BCUT2D eigenvalue weighted by atomic mass is 16.5. The molecule has 2 aromatic rings. The molecule has 0 aliphatic carbocycles. The predicted molar refractivity (Wildman–Crippen MR) is 88.9 cm³/mol. The maximum Gasteiger partial charge on any atom is 0.251 e. The molecule has 0 bridgehead atoms. The van der Waals surface area contributed by atoms with Gasteiger partial charge in [0.2, 0.25) is 0 Å². The summed E-state index contributed by atoms with van der Waals surface area (Å²) in [6.07, 6.45) is 0.865. The number of hydrogen-bond acceptors (Lipinski definition) is 3. The van der Waals surface area contributed by atoms with Gasteiger partial charge in [0, 0.05) is 17.9 Å². The zero-order valence-electron chi connectivity index (χ0n) is 14.1. The number of hydrogen-bond donors (Lipinski definition) is 1. The molecule has 1 fully saturated rings. The largest absolute Gasteiger partial charge is 0.376 e. The minimum atomic E-state index is -0.300. The molecule has 0 radical (unpaired) electrons. The molecule has 3 rings (SSSR count). The van der Waals surface area contributed by atoms with Crippen LogP contribution in [0, 0.1) is 13.8 Å². The van der Waals surface area contributed by atoms with E-state index in [0.29, 0.717) is 12.2 Å². The van der Waals surface area contributed by atoms with Gasteiger partial charge in [-0.05, 0) is 64.4 Å². The van der Waals surface area contributed by atoms with Crippen molar-refractivity contribution in [1.29, 1.82) is 0 Å². The Kier molecular flexibility index (Phi) is 3.98. The fraction of sp³-hybridized carbons (Fsp3) is 0.444. The second kappa shape index (κ2) is 5.81. The molecule has 2 unspecified atom stereocenters. The Morgan fingerprint density at radius 1 is 1.35 bits per heavy atom. The van der Waals surface area contributed by atoms with Crippen molar-refractivity contribution in [2.24, 2.45) is 0 Å². The maximum absolute atomic E-state index is 12.5. The third-order valence-electron chi connectivity index (χ3n) is 4.67. The lowest BCUT2D eigenvalue weighted by Gasteiger charge is -2.28. The zero-order chi connectivity index (χ0) is 16.6. The van der Waals surface area contributed by atoms with E-state index < -0.39 is 0 Å². The van der Waals surface area contributed by atoms with Gasteiger partial charge >= 0.3 is 0 Å². The number of aryl methyl sites for hydroxylation is 2. The summed E-state index contributed by atoms with van der Waals surface area (Å²) in [4.78, 5) is 12.5. The lowest BCUT2D eigenvalue weighted by Crippen LogP contribution is -2.50. The van der Waals surface area contributed by atoms with Crippen molar-refractivity contribution in [2.75, 3.05) is 6.61 Å². The van der Waals surface area contributed by atoms with E-state index >= 15 is 0 Å². The van der Waals surface area contributed by atoms with E-state index in [9.17, 15) is 4.79 Å². The van der Waals surface area contributed by atoms with Gasteiger partial charge in [-0.15, -0.1) is 0 Å². The van der Waals surface area contributed by atoms with Crippen molar-refractivity contribution in [3.05, 3.63) is 47.3 Å². The van der Waals surface area contributed by atoms with Gasteiger partial charge in [-0.2, -0.15) is 5.10 Å². The third-order valence-corrected chi connectivity index (χ3v) is 4.67. The Bertz CT molecular complexity index is 720. The summed E-state index contributed by atoms with van der Waals surface area (Å²) >= 11 is 0. The number of nitrogens with one attached hydrogen (secondary N) is 1. The minimum Gasteiger partial charge on any atom is -0.376 e. The van der Waals surface area contributed by atoms with Crippen LogP contribution < -0.4 is 5.32 Å². The normalized spacial score (nSPS) is 23.9. The molecular formula is C18H23N3O2. The van der Waals surface area contributed by atoms with Gasteiger partial charge in [-0.3, -0.25) is 4.79 Å². The summed E-state index contributed by atoms with van der Waals surface area (Å²) in [7, 11) is 0. The third kappa shape index (κ3) is 3.01. The smallest absolute Gasteiger partial charge is 0.251 e. The van der Waals surface area contributed by atoms with Crippen LogP contribution in [0.3, 0.4) is 0 Å². The molecule has 1 N–H and O–H groups in total. The van der Waals surface area contributed by atoms with Crippen LogP contribution in [0.25, 0.3) is 5.69 Å². The van der Waals surface area contributed by atoms with Crippen molar-refractivity contribution >= 4 is 5.91 Å². The number of aromatic nitrogens is 2. The molecule has 1 amide bonds. The quantitative estimate of drug-likeness (QED) is 0.948. The van der Waals surface area contributed by atoms with Crippen molar-refractivity contribution in [3.8, 4) is 5.69 Å². The highest BCUT2D eigenvalue weighted by Crippen LogP contribution is 2.25. The molecule has 0 saturated carbocycles. The Labute approximate surface area is 136 Å². The average molecular weight is 313 g/mol. The maximum atomic E-state index is 12.5. The van der Waals surface area contributed by atoms with E-state index in [1.807, 2.05) is 62.7 Å². The average Bonchev–Trinajstić information content (AvgIpc) is 3.01. The summed E-state index contributed by atoms with van der Waals surface area (Å²) in [5.41, 5.74) is 3.36. The SMILES string of the molecule is Cc1cc(C)n(-c2ccc(C(=O)NC3(C)CCOC3C)cc2)n1. The number of carbonyl (C=O) groups excluding carboxylic acids is 1. The Morgan fingerprint density at radius 2 is 2.04 bits per heavy atom. The van der Waals surface area contributed by atoms with Gasteiger partial charge in [0.15, 0.2) is 0 Å². The fourth-order valence-electron chi connectivity index (χ4n) is 2.97. The molecular weight excluding hydrogens is 290 g/mol. The Hall–Kier alpha value is -2.14. The minimum absolute atomic E-state index is 0.0282. The predicted octanol–water partition coefficient (Wildman–Crippen LogP) is 2.79. The molecule has 5 heteroatoms. The lowest BCUT2D eigenvalue weighted by molar-refractivity contribution is 0.0727. The van der Waals surface area contributed by atoms with E-state index in [1.165, 1.54) is 0 Å². The first-order valence-corrected chi connectivity index (χ1v) is 7.97. The van der Waals surface area contributed by atoms with E-state index in [4.69, 9.17) is 4.74 Å². The van der Waals surface area contributed by atoms with Crippen molar-refractivity contribution < 1.29 is 9.53 Å². The highest BCUT2D eigenvalue weighted by molar-refractivity contribution is 5.94. The molecule has 1 aromatic heterocycles. The van der Waals surface area contributed by atoms with Crippen LogP contribution in [0.15, 0.2) is 30.3 Å². The molecule has 2 heterocycles. The molecule has 1 aliphatic heterocycles. The monoisotopic (exact) mass is 313 g/mol. The summed E-state index contributed by atoms with van der Waals surface area (Å²) in [5.74, 6) is -0.0650.